The lowest BCUT2D eigenvalue weighted by Crippen LogP contribution is -2.05. The second kappa shape index (κ2) is 5.95. The van der Waals surface area contributed by atoms with Crippen molar-refractivity contribution < 1.29 is 18.9 Å². The topological polar surface area (TPSA) is 36.9 Å². The summed E-state index contributed by atoms with van der Waals surface area (Å²) in [6.45, 7) is 4.80. The average Bonchev–Trinajstić information content (AvgIpc) is 2.93. The van der Waals surface area contributed by atoms with Crippen LogP contribution in [0.25, 0.3) is 0 Å². The van der Waals surface area contributed by atoms with Crippen molar-refractivity contribution in [3.63, 3.8) is 0 Å². The van der Waals surface area contributed by atoms with E-state index >= 15 is 0 Å². The van der Waals surface area contributed by atoms with Crippen molar-refractivity contribution in [1.82, 2.24) is 0 Å². The molecule has 1 heterocycles. The maximum atomic E-state index is 5.76. The zero-order valence-electron chi connectivity index (χ0n) is 12.2. The Morgan fingerprint density at radius 2 is 1.67 bits per heavy atom. The minimum atomic E-state index is 0.181. The van der Waals surface area contributed by atoms with E-state index < -0.39 is 0 Å². The van der Waals surface area contributed by atoms with Gasteiger partial charge in [0.05, 0.1) is 6.10 Å². The van der Waals surface area contributed by atoms with E-state index in [4.69, 9.17) is 18.9 Å². The Hall–Kier alpha value is -2.36. The van der Waals surface area contributed by atoms with Crippen molar-refractivity contribution in [1.29, 1.82) is 0 Å². The summed E-state index contributed by atoms with van der Waals surface area (Å²) in [5.41, 5.74) is 1.09. The molecule has 0 N–H and O–H groups in total. The van der Waals surface area contributed by atoms with Crippen molar-refractivity contribution in [3.8, 4) is 23.0 Å². The molecule has 0 radical (unpaired) electrons. The van der Waals surface area contributed by atoms with E-state index in [0.29, 0.717) is 6.61 Å². The summed E-state index contributed by atoms with van der Waals surface area (Å²) < 4.78 is 22.0. The molecule has 0 saturated carbocycles. The Morgan fingerprint density at radius 1 is 0.952 bits per heavy atom. The van der Waals surface area contributed by atoms with Crippen LogP contribution in [0.4, 0.5) is 0 Å². The highest BCUT2D eigenvalue weighted by Gasteiger charge is 2.13. The third-order valence-electron chi connectivity index (χ3n) is 3.04. The van der Waals surface area contributed by atoms with E-state index in [2.05, 4.69) is 0 Å². The van der Waals surface area contributed by atoms with Gasteiger partial charge in [-0.2, -0.15) is 0 Å². The van der Waals surface area contributed by atoms with E-state index in [1.165, 1.54) is 0 Å². The van der Waals surface area contributed by atoms with Gasteiger partial charge in [0.15, 0.2) is 11.5 Å². The molecule has 0 bridgehead atoms. The molecule has 3 rings (SSSR count). The van der Waals surface area contributed by atoms with E-state index in [0.717, 1.165) is 28.6 Å². The van der Waals surface area contributed by atoms with Crippen LogP contribution >= 0.6 is 0 Å². The summed E-state index contributed by atoms with van der Waals surface area (Å²) in [6.07, 6.45) is 0.181. The molecule has 1 aliphatic heterocycles. The van der Waals surface area contributed by atoms with Crippen LogP contribution in [-0.4, -0.2) is 12.9 Å². The molecule has 0 saturated heterocycles. The molecule has 2 aromatic rings. The molecule has 0 spiro atoms. The molecule has 0 aliphatic carbocycles. The van der Waals surface area contributed by atoms with Gasteiger partial charge in [-0.05, 0) is 43.7 Å². The molecule has 0 fully saturated rings. The predicted octanol–water partition coefficient (Wildman–Crippen LogP) is 3.78. The Morgan fingerprint density at radius 3 is 2.43 bits per heavy atom. The quantitative estimate of drug-likeness (QED) is 0.838. The highest BCUT2D eigenvalue weighted by atomic mass is 16.7. The first-order valence-electron chi connectivity index (χ1n) is 6.99. The predicted molar refractivity (Wildman–Crippen MR) is 79.1 cm³/mol. The van der Waals surface area contributed by atoms with Gasteiger partial charge in [0, 0.05) is 6.07 Å². The molecule has 0 aromatic heterocycles. The highest BCUT2D eigenvalue weighted by molar-refractivity contribution is 5.46. The minimum Gasteiger partial charge on any atom is -0.491 e. The maximum Gasteiger partial charge on any atom is 0.231 e. The fourth-order valence-corrected chi connectivity index (χ4v) is 2.07. The number of fused-ring (bicyclic) bond motifs is 1. The van der Waals surface area contributed by atoms with Gasteiger partial charge in [-0.3, -0.25) is 0 Å². The maximum absolute atomic E-state index is 5.76. The SMILES string of the molecule is CC(C)Oc1ccc(COc2ccc3c(c2)OCO3)cc1. The molecule has 21 heavy (non-hydrogen) atoms. The average molecular weight is 286 g/mol. The van der Waals surface area contributed by atoms with E-state index in [1.807, 2.05) is 56.3 Å². The summed E-state index contributed by atoms with van der Waals surface area (Å²) in [5.74, 6) is 3.13. The lowest BCUT2D eigenvalue weighted by Gasteiger charge is -2.11. The fourth-order valence-electron chi connectivity index (χ4n) is 2.07. The van der Waals surface area contributed by atoms with Crippen molar-refractivity contribution in [3.05, 3.63) is 48.0 Å². The number of hydrogen-bond donors (Lipinski definition) is 0. The normalized spacial score (nSPS) is 12.5. The molecule has 0 unspecified atom stereocenters. The van der Waals surface area contributed by atoms with Crippen LogP contribution in [0.1, 0.15) is 19.4 Å². The fraction of sp³-hybridized carbons (Fsp3) is 0.294. The Bertz CT molecular complexity index is 605. The molecule has 0 amide bonds. The van der Waals surface area contributed by atoms with Crippen LogP contribution in [0.3, 0.4) is 0 Å². The van der Waals surface area contributed by atoms with Crippen molar-refractivity contribution in [2.24, 2.45) is 0 Å². The molecule has 2 aromatic carbocycles. The van der Waals surface area contributed by atoms with E-state index in [9.17, 15) is 0 Å². The third kappa shape index (κ3) is 3.40. The largest absolute Gasteiger partial charge is 0.491 e. The van der Waals surface area contributed by atoms with Crippen molar-refractivity contribution >= 4 is 0 Å². The second-order valence-electron chi connectivity index (χ2n) is 5.11. The third-order valence-corrected chi connectivity index (χ3v) is 3.04. The molecule has 4 heteroatoms. The molecular formula is C17H18O4. The van der Waals surface area contributed by atoms with Crippen molar-refractivity contribution in [2.45, 2.75) is 26.6 Å². The molecule has 110 valence electrons. The first-order chi connectivity index (χ1) is 10.2. The number of hydrogen-bond acceptors (Lipinski definition) is 4. The van der Waals surface area contributed by atoms with Crippen LogP contribution in [0.2, 0.25) is 0 Å². The Labute approximate surface area is 124 Å². The van der Waals surface area contributed by atoms with Gasteiger partial charge in [-0.15, -0.1) is 0 Å². The summed E-state index contributed by atoms with van der Waals surface area (Å²) in [7, 11) is 0. The monoisotopic (exact) mass is 286 g/mol. The lowest BCUT2D eigenvalue weighted by molar-refractivity contribution is 0.173. The van der Waals surface area contributed by atoms with E-state index in [1.54, 1.807) is 0 Å². The van der Waals surface area contributed by atoms with Gasteiger partial charge in [0.25, 0.3) is 0 Å². The van der Waals surface area contributed by atoms with Gasteiger partial charge < -0.3 is 18.9 Å². The number of rotatable bonds is 5. The summed E-state index contributed by atoms with van der Waals surface area (Å²) in [6, 6.07) is 13.5. The zero-order chi connectivity index (χ0) is 14.7. The number of ether oxygens (including phenoxy) is 4. The smallest absolute Gasteiger partial charge is 0.231 e. The first-order valence-corrected chi connectivity index (χ1v) is 6.99. The Balaban J connectivity index is 1.59. The van der Waals surface area contributed by atoms with Crippen LogP contribution in [0.5, 0.6) is 23.0 Å². The highest BCUT2D eigenvalue weighted by Crippen LogP contribution is 2.35. The molecular weight excluding hydrogens is 268 g/mol. The summed E-state index contributed by atoms with van der Waals surface area (Å²) in [5, 5.41) is 0. The molecule has 1 aliphatic rings. The summed E-state index contributed by atoms with van der Waals surface area (Å²) >= 11 is 0. The minimum absolute atomic E-state index is 0.181. The van der Waals surface area contributed by atoms with E-state index in [-0.39, 0.29) is 12.9 Å². The van der Waals surface area contributed by atoms with Gasteiger partial charge in [-0.25, -0.2) is 0 Å². The van der Waals surface area contributed by atoms with Crippen LogP contribution < -0.4 is 18.9 Å². The summed E-state index contributed by atoms with van der Waals surface area (Å²) in [4.78, 5) is 0. The zero-order valence-corrected chi connectivity index (χ0v) is 12.2. The second-order valence-corrected chi connectivity index (χ2v) is 5.11. The van der Waals surface area contributed by atoms with Crippen LogP contribution in [0, 0.1) is 0 Å². The van der Waals surface area contributed by atoms with Gasteiger partial charge >= 0.3 is 0 Å². The number of benzene rings is 2. The van der Waals surface area contributed by atoms with Gasteiger partial charge in [-0.1, -0.05) is 12.1 Å². The standard InChI is InChI=1S/C17H18O4/c1-12(2)21-14-5-3-13(4-6-14)10-18-15-7-8-16-17(9-15)20-11-19-16/h3-9,12H,10-11H2,1-2H3. The van der Waals surface area contributed by atoms with Gasteiger partial charge in [0.1, 0.15) is 18.1 Å². The first kappa shape index (κ1) is 13.6. The molecule has 4 nitrogen and oxygen atoms in total. The van der Waals surface area contributed by atoms with Crippen LogP contribution in [-0.2, 0) is 6.61 Å². The van der Waals surface area contributed by atoms with Gasteiger partial charge in [0.2, 0.25) is 6.79 Å². The van der Waals surface area contributed by atoms with Crippen LogP contribution in [0.15, 0.2) is 42.5 Å². The van der Waals surface area contributed by atoms with Crippen molar-refractivity contribution in [2.75, 3.05) is 6.79 Å². The Kier molecular flexibility index (Phi) is 3.86. The lowest BCUT2D eigenvalue weighted by atomic mass is 10.2. The molecule has 0 atom stereocenters.